The molecule has 0 spiro atoms. The minimum absolute atomic E-state index is 0.000947. The summed E-state index contributed by atoms with van der Waals surface area (Å²) in [6.07, 6.45) is -0.301. The zero-order valence-corrected chi connectivity index (χ0v) is 10.9. The van der Waals surface area contributed by atoms with Crippen molar-refractivity contribution in [3.05, 3.63) is 27.7 Å². The third kappa shape index (κ3) is 1.99. The Hall–Kier alpha value is -0.870. The van der Waals surface area contributed by atoms with Crippen molar-refractivity contribution in [2.75, 3.05) is 11.4 Å². The van der Waals surface area contributed by atoms with E-state index in [4.69, 9.17) is 0 Å². The van der Waals surface area contributed by atoms with E-state index in [1.54, 1.807) is 4.90 Å². The van der Waals surface area contributed by atoms with E-state index < -0.39 is 6.10 Å². The van der Waals surface area contributed by atoms with Gasteiger partial charge < -0.3 is 10.0 Å². The van der Waals surface area contributed by atoms with E-state index in [0.29, 0.717) is 6.54 Å². The summed E-state index contributed by atoms with van der Waals surface area (Å²) in [7, 11) is 0. The monoisotopic (exact) mass is 283 g/mol. The molecule has 1 unspecified atom stereocenters. The van der Waals surface area contributed by atoms with Crippen molar-refractivity contribution < 1.29 is 9.90 Å². The predicted molar refractivity (Wildman–Crippen MR) is 66.6 cm³/mol. The highest BCUT2D eigenvalue weighted by molar-refractivity contribution is 9.10. The predicted octanol–water partition coefficient (Wildman–Crippen LogP) is 2.16. The molecule has 0 bridgehead atoms. The van der Waals surface area contributed by atoms with Crippen LogP contribution in [0.1, 0.15) is 17.5 Å². The van der Waals surface area contributed by atoms with Gasteiger partial charge in [-0.25, -0.2) is 0 Å². The third-order valence-electron chi connectivity index (χ3n) is 2.83. The van der Waals surface area contributed by atoms with E-state index in [0.717, 1.165) is 21.3 Å². The maximum Gasteiger partial charge on any atom is 0.229 e. The number of hydrogen-bond donors (Lipinski definition) is 1. The van der Waals surface area contributed by atoms with Gasteiger partial charge in [0.1, 0.15) is 0 Å². The molecule has 1 fully saturated rings. The van der Waals surface area contributed by atoms with Gasteiger partial charge in [-0.05, 0) is 37.1 Å². The molecular weight excluding hydrogens is 270 g/mol. The smallest absolute Gasteiger partial charge is 0.229 e. The van der Waals surface area contributed by atoms with Crippen LogP contribution in [-0.2, 0) is 4.79 Å². The minimum atomic E-state index is -0.532. The van der Waals surface area contributed by atoms with Crippen molar-refractivity contribution in [2.45, 2.75) is 26.4 Å². The van der Waals surface area contributed by atoms with Gasteiger partial charge in [0.2, 0.25) is 5.91 Å². The van der Waals surface area contributed by atoms with E-state index in [1.807, 2.05) is 26.0 Å². The number of anilines is 1. The second kappa shape index (κ2) is 4.18. The van der Waals surface area contributed by atoms with Crippen LogP contribution >= 0.6 is 15.9 Å². The number of aryl methyl sites for hydroxylation is 2. The highest BCUT2D eigenvalue weighted by Gasteiger charge is 2.30. The largest absolute Gasteiger partial charge is 0.391 e. The van der Waals surface area contributed by atoms with Crippen LogP contribution in [0.2, 0.25) is 0 Å². The van der Waals surface area contributed by atoms with E-state index in [9.17, 15) is 9.90 Å². The maximum atomic E-state index is 11.7. The third-order valence-corrected chi connectivity index (χ3v) is 3.29. The molecule has 2 rings (SSSR count). The maximum absolute atomic E-state index is 11.7. The summed E-state index contributed by atoms with van der Waals surface area (Å²) >= 11 is 3.43. The number of rotatable bonds is 1. The Morgan fingerprint density at radius 2 is 1.94 bits per heavy atom. The van der Waals surface area contributed by atoms with Crippen LogP contribution in [0.3, 0.4) is 0 Å². The molecule has 0 aromatic heterocycles. The molecule has 1 aliphatic heterocycles. The summed E-state index contributed by atoms with van der Waals surface area (Å²) in [6, 6.07) is 3.97. The number of aliphatic hydroxyl groups is 1. The number of nitrogens with zero attached hydrogens (tertiary/aromatic N) is 1. The first-order valence-corrected chi connectivity index (χ1v) is 6.03. The SMILES string of the molecule is Cc1cc(Br)cc(C)c1N1CC(O)CC1=O. The lowest BCUT2D eigenvalue weighted by atomic mass is 10.1. The van der Waals surface area contributed by atoms with Crippen LogP contribution in [0.4, 0.5) is 5.69 Å². The Balaban J connectivity index is 2.44. The zero-order chi connectivity index (χ0) is 11.9. The second-order valence-electron chi connectivity index (χ2n) is 4.25. The Morgan fingerprint density at radius 3 is 2.38 bits per heavy atom. The average molecular weight is 284 g/mol. The summed E-state index contributed by atoms with van der Waals surface area (Å²) in [4.78, 5) is 13.4. The molecule has 0 radical (unpaired) electrons. The van der Waals surface area contributed by atoms with Crippen molar-refractivity contribution in [2.24, 2.45) is 0 Å². The van der Waals surface area contributed by atoms with Gasteiger partial charge in [0.15, 0.2) is 0 Å². The molecule has 1 aromatic rings. The number of β-amino-alcohol motifs (C(OH)–C–C–N with tert-alkyl or cyclic N) is 1. The van der Waals surface area contributed by atoms with E-state index in [2.05, 4.69) is 15.9 Å². The first-order valence-electron chi connectivity index (χ1n) is 5.24. The minimum Gasteiger partial charge on any atom is -0.391 e. The van der Waals surface area contributed by atoms with Gasteiger partial charge in [-0.15, -0.1) is 0 Å². The number of hydrogen-bond acceptors (Lipinski definition) is 2. The molecule has 16 heavy (non-hydrogen) atoms. The van der Waals surface area contributed by atoms with Crippen molar-refractivity contribution in [3.8, 4) is 0 Å². The van der Waals surface area contributed by atoms with Crippen LogP contribution in [0.5, 0.6) is 0 Å². The Kier molecular flexibility index (Phi) is 3.04. The van der Waals surface area contributed by atoms with Gasteiger partial charge in [-0.3, -0.25) is 4.79 Å². The molecule has 1 saturated heterocycles. The van der Waals surface area contributed by atoms with Crippen LogP contribution in [0.25, 0.3) is 0 Å². The lowest BCUT2D eigenvalue weighted by Gasteiger charge is -2.21. The van der Waals surface area contributed by atoms with Crippen LogP contribution in [0.15, 0.2) is 16.6 Å². The van der Waals surface area contributed by atoms with Crippen molar-refractivity contribution in [3.63, 3.8) is 0 Å². The number of halogens is 1. The van der Waals surface area contributed by atoms with Gasteiger partial charge in [0.25, 0.3) is 0 Å². The number of amides is 1. The molecule has 1 amide bonds. The summed E-state index contributed by atoms with van der Waals surface area (Å²) in [5, 5.41) is 9.50. The number of benzene rings is 1. The van der Waals surface area contributed by atoms with Crippen LogP contribution < -0.4 is 4.90 Å². The first-order chi connectivity index (χ1) is 7.49. The number of aliphatic hydroxyl groups excluding tert-OH is 1. The molecule has 3 nitrogen and oxygen atoms in total. The Labute approximate surface area is 103 Å². The Morgan fingerprint density at radius 1 is 1.38 bits per heavy atom. The summed E-state index contributed by atoms with van der Waals surface area (Å²) in [6.45, 7) is 4.36. The van der Waals surface area contributed by atoms with Crippen LogP contribution in [-0.4, -0.2) is 23.7 Å². The molecule has 1 atom stereocenters. The number of carbonyl (C=O) groups excluding carboxylic acids is 1. The molecule has 0 aliphatic carbocycles. The first kappa shape index (κ1) is 11.6. The van der Waals surface area contributed by atoms with Gasteiger partial charge in [0.05, 0.1) is 19.1 Å². The molecule has 1 aromatic carbocycles. The molecule has 1 heterocycles. The zero-order valence-electron chi connectivity index (χ0n) is 9.33. The fourth-order valence-corrected chi connectivity index (χ4v) is 2.92. The molecule has 86 valence electrons. The average Bonchev–Trinajstić information content (AvgIpc) is 2.43. The Bertz CT molecular complexity index is 422. The summed E-state index contributed by atoms with van der Waals surface area (Å²) < 4.78 is 1.01. The van der Waals surface area contributed by atoms with Crippen molar-refractivity contribution in [1.82, 2.24) is 0 Å². The molecule has 4 heteroatoms. The lowest BCUT2D eigenvalue weighted by molar-refractivity contribution is -0.117. The second-order valence-corrected chi connectivity index (χ2v) is 5.17. The fraction of sp³-hybridized carbons (Fsp3) is 0.417. The molecule has 1 aliphatic rings. The van der Waals surface area contributed by atoms with E-state index in [1.165, 1.54) is 0 Å². The molecule has 1 N–H and O–H groups in total. The summed E-state index contributed by atoms with van der Waals surface area (Å²) in [5.74, 6) is 0.000947. The van der Waals surface area contributed by atoms with Crippen LogP contribution in [0, 0.1) is 13.8 Å². The quantitative estimate of drug-likeness (QED) is 0.858. The van der Waals surface area contributed by atoms with Gasteiger partial charge in [-0.2, -0.15) is 0 Å². The summed E-state index contributed by atoms with van der Waals surface area (Å²) in [5.41, 5.74) is 3.04. The molecule has 0 saturated carbocycles. The normalized spacial score (nSPS) is 20.6. The van der Waals surface area contributed by atoms with Crippen molar-refractivity contribution in [1.29, 1.82) is 0 Å². The van der Waals surface area contributed by atoms with E-state index >= 15 is 0 Å². The van der Waals surface area contributed by atoms with Crippen molar-refractivity contribution >= 4 is 27.5 Å². The standard InChI is InChI=1S/C12H14BrNO2/c1-7-3-9(13)4-8(2)12(7)14-6-10(15)5-11(14)16/h3-4,10,15H,5-6H2,1-2H3. The van der Waals surface area contributed by atoms with Gasteiger partial charge in [-0.1, -0.05) is 15.9 Å². The topological polar surface area (TPSA) is 40.5 Å². The highest BCUT2D eigenvalue weighted by Crippen LogP contribution is 2.31. The highest BCUT2D eigenvalue weighted by atomic mass is 79.9. The number of carbonyl (C=O) groups is 1. The van der Waals surface area contributed by atoms with Gasteiger partial charge in [0, 0.05) is 10.2 Å². The lowest BCUT2D eigenvalue weighted by Crippen LogP contribution is -2.26. The molecular formula is C12H14BrNO2. The van der Waals surface area contributed by atoms with Gasteiger partial charge >= 0.3 is 0 Å². The van der Waals surface area contributed by atoms with E-state index in [-0.39, 0.29) is 12.3 Å². The fourth-order valence-electron chi connectivity index (χ4n) is 2.23.